The first-order valence-electron chi connectivity index (χ1n) is 12.2. The Bertz CT molecular complexity index is 2060. The summed E-state index contributed by atoms with van der Waals surface area (Å²) in [5.74, 6) is 0. The molecule has 0 fully saturated rings. The number of benzene rings is 4. The van der Waals surface area contributed by atoms with Gasteiger partial charge in [0.15, 0.2) is 0 Å². The van der Waals surface area contributed by atoms with Crippen LogP contribution >= 0.6 is 0 Å². The molecule has 3 heterocycles. The summed E-state index contributed by atoms with van der Waals surface area (Å²) in [5, 5.41) is 3.69. The molecule has 3 nitrogen and oxygen atoms in total. The van der Waals surface area contributed by atoms with E-state index in [1.807, 2.05) is 12.4 Å². The van der Waals surface area contributed by atoms with E-state index in [1.165, 1.54) is 60.7 Å². The van der Waals surface area contributed by atoms with E-state index in [4.69, 9.17) is 4.98 Å². The monoisotopic (exact) mass is 445 g/mol. The molecule has 35 heavy (non-hydrogen) atoms. The Morgan fingerprint density at radius 1 is 0.629 bits per heavy atom. The van der Waals surface area contributed by atoms with Gasteiger partial charge >= 0.3 is 0 Å². The molecule has 162 valence electrons. The second kappa shape index (κ2) is 6.13. The zero-order valence-corrected chi connectivity index (χ0v) is 18.9. The lowest BCUT2D eigenvalue weighted by Gasteiger charge is -2.12. The summed E-state index contributed by atoms with van der Waals surface area (Å²) in [4.78, 5) is 9.64. The van der Waals surface area contributed by atoms with E-state index < -0.39 is 0 Å². The van der Waals surface area contributed by atoms with Crippen LogP contribution in [0.25, 0.3) is 60.6 Å². The molecule has 2 aliphatic rings. The maximum Gasteiger partial charge on any atom is 0.146 e. The van der Waals surface area contributed by atoms with E-state index >= 15 is 0 Å². The highest BCUT2D eigenvalue weighted by Crippen LogP contribution is 2.47. The van der Waals surface area contributed by atoms with Crippen molar-refractivity contribution < 1.29 is 0 Å². The minimum absolute atomic E-state index is 0.942. The van der Waals surface area contributed by atoms with Crippen molar-refractivity contribution >= 4 is 38.4 Å². The third-order valence-electron chi connectivity index (χ3n) is 8.10. The minimum atomic E-state index is 0.942. The third kappa shape index (κ3) is 2.17. The first kappa shape index (κ1) is 17.9. The zero-order chi connectivity index (χ0) is 22.7. The molecule has 0 radical (unpaired) electrons. The molecule has 0 amide bonds. The molecular weight excluding hydrogens is 426 g/mol. The van der Waals surface area contributed by atoms with Crippen molar-refractivity contribution in [2.24, 2.45) is 0 Å². The molecule has 0 saturated carbocycles. The zero-order valence-electron chi connectivity index (χ0n) is 18.9. The maximum atomic E-state index is 5.09. The van der Waals surface area contributed by atoms with Gasteiger partial charge < -0.3 is 0 Å². The molecule has 0 bridgehead atoms. The van der Waals surface area contributed by atoms with Gasteiger partial charge in [-0.3, -0.25) is 9.38 Å². The predicted octanol–water partition coefficient (Wildman–Crippen LogP) is 7.33. The lowest BCUT2D eigenvalue weighted by Crippen LogP contribution is -1.95. The van der Waals surface area contributed by atoms with Crippen LogP contribution < -0.4 is 0 Å². The van der Waals surface area contributed by atoms with Gasteiger partial charge in [-0.05, 0) is 93.7 Å². The Balaban J connectivity index is 1.38. The van der Waals surface area contributed by atoms with Crippen LogP contribution in [0.15, 0.2) is 91.3 Å². The van der Waals surface area contributed by atoms with Crippen LogP contribution in [0, 0.1) is 0 Å². The number of imidazole rings is 1. The Morgan fingerprint density at radius 3 is 2.43 bits per heavy atom. The van der Waals surface area contributed by atoms with Crippen molar-refractivity contribution in [3.63, 3.8) is 0 Å². The van der Waals surface area contributed by atoms with Gasteiger partial charge in [0.2, 0.25) is 0 Å². The van der Waals surface area contributed by atoms with Crippen molar-refractivity contribution in [3.8, 4) is 22.3 Å². The fourth-order valence-electron chi connectivity index (χ4n) is 6.62. The molecule has 0 unspecified atom stereocenters. The largest absolute Gasteiger partial charge is 0.292 e. The van der Waals surface area contributed by atoms with Crippen LogP contribution in [-0.2, 0) is 12.8 Å². The molecule has 0 atom stereocenters. The van der Waals surface area contributed by atoms with Crippen molar-refractivity contribution in [1.29, 1.82) is 0 Å². The van der Waals surface area contributed by atoms with Crippen molar-refractivity contribution in [1.82, 2.24) is 14.4 Å². The Kier molecular flexibility index (Phi) is 3.14. The van der Waals surface area contributed by atoms with Crippen LogP contribution in [0.2, 0.25) is 0 Å². The minimum Gasteiger partial charge on any atom is -0.292 e. The molecule has 0 saturated heterocycles. The molecule has 0 aliphatic heterocycles. The molecular formula is C32H19N3. The van der Waals surface area contributed by atoms with Crippen LogP contribution in [0.1, 0.15) is 22.3 Å². The van der Waals surface area contributed by atoms with Crippen molar-refractivity contribution in [2.45, 2.75) is 12.8 Å². The molecule has 3 heteroatoms. The van der Waals surface area contributed by atoms with Gasteiger partial charge in [-0.2, -0.15) is 0 Å². The molecule has 9 rings (SSSR count). The summed E-state index contributed by atoms with van der Waals surface area (Å²) in [6.45, 7) is 0. The quantitative estimate of drug-likeness (QED) is 0.229. The van der Waals surface area contributed by atoms with Gasteiger partial charge in [0.1, 0.15) is 5.65 Å². The van der Waals surface area contributed by atoms with Crippen LogP contribution in [0.5, 0.6) is 0 Å². The van der Waals surface area contributed by atoms with E-state index in [-0.39, 0.29) is 0 Å². The summed E-state index contributed by atoms with van der Waals surface area (Å²) in [6, 6.07) is 28.9. The Morgan fingerprint density at radius 2 is 1.46 bits per heavy atom. The lowest BCUT2D eigenvalue weighted by atomic mass is 9.96. The lowest BCUT2D eigenvalue weighted by molar-refractivity contribution is 1.24. The van der Waals surface area contributed by atoms with Gasteiger partial charge in [0, 0.05) is 28.6 Å². The van der Waals surface area contributed by atoms with Crippen molar-refractivity contribution in [3.05, 3.63) is 114 Å². The van der Waals surface area contributed by atoms with Gasteiger partial charge in [-0.1, -0.05) is 42.5 Å². The van der Waals surface area contributed by atoms with Crippen molar-refractivity contribution in [2.75, 3.05) is 0 Å². The van der Waals surface area contributed by atoms with Gasteiger partial charge in [-0.15, -0.1) is 0 Å². The number of hydrogen-bond donors (Lipinski definition) is 0. The Hall–Kier alpha value is -4.50. The maximum absolute atomic E-state index is 5.09. The first-order chi connectivity index (χ1) is 17.3. The normalized spacial score (nSPS) is 13.5. The van der Waals surface area contributed by atoms with Gasteiger partial charge in [-0.25, -0.2) is 4.98 Å². The molecule has 0 N–H and O–H groups in total. The Labute approximate surface area is 201 Å². The number of aromatic nitrogens is 3. The van der Waals surface area contributed by atoms with E-state index in [1.54, 1.807) is 0 Å². The van der Waals surface area contributed by atoms with E-state index in [0.717, 1.165) is 35.0 Å². The smallest absolute Gasteiger partial charge is 0.146 e. The molecule has 2 aliphatic carbocycles. The first-order valence-corrected chi connectivity index (χ1v) is 12.2. The summed E-state index contributed by atoms with van der Waals surface area (Å²) in [5.41, 5.74) is 15.6. The second-order valence-electron chi connectivity index (χ2n) is 9.84. The summed E-state index contributed by atoms with van der Waals surface area (Å²) < 4.78 is 2.30. The topological polar surface area (TPSA) is 30.2 Å². The number of pyridine rings is 2. The van der Waals surface area contributed by atoms with Gasteiger partial charge in [0.25, 0.3) is 0 Å². The number of fused-ring (bicyclic) bond motifs is 15. The number of rotatable bonds is 0. The summed E-state index contributed by atoms with van der Waals surface area (Å²) in [6.07, 6.45) is 5.89. The number of para-hydroxylation sites is 2. The standard InChI is InChI=1S/C32H19N3/c1-2-6-21-18(5-1)13-19-14-25-20(15-24(19)21)16-26-22(25)9-10-23-31(26)27-17-33-12-11-29(27)35-30-8-4-3-7-28(30)34-32(23)35/h1-12,14-15,17H,13,16H2. The van der Waals surface area contributed by atoms with Crippen LogP contribution in [-0.4, -0.2) is 14.4 Å². The highest BCUT2D eigenvalue weighted by atomic mass is 15.0. The molecule has 4 aromatic carbocycles. The summed E-state index contributed by atoms with van der Waals surface area (Å²) >= 11 is 0. The van der Waals surface area contributed by atoms with E-state index in [9.17, 15) is 0 Å². The van der Waals surface area contributed by atoms with Crippen LogP contribution in [0.3, 0.4) is 0 Å². The average Bonchev–Trinajstić information content (AvgIpc) is 3.58. The molecule has 3 aromatic heterocycles. The fourth-order valence-corrected chi connectivity index (χ4v) is 6.62. The van der Waals surface area contributed by atoms with E-state index in [0.29, 0.717) is 0 Å². The van der Waals surface area contributed by atoms with Crippen LogP contribution in [0.4, 0.5) is 0 Å². The highest BCUT2D eigenvalue weighted by molar-refractivity contribution is 6.17. The SMILES string of the molecule is c1ccc2c(c1)Cc1cc3c(cc1-2)Cc1c-3ccc2c1c1cnccc1n1c3ccccc3nc21. The second-order valence-corrected chi connectivity index (χ2v) is 9.84. The highest BCUT2D eigenvalue weighted by Gasteiger charge is 2.27. The molecule has 7 aromatic rings. The third-order valence-corrected chi connectivity index (χ3v) is 8.10. The van der Waals surface area contributed by atoms with Gasteiger partial charge in [0.05, 0.1) is 16.6 Å². The number of hydrogen-bond acceptors (Lipinski definition) is 2. The number of nitrogens with zero attached hydrogens (tertiary/aromatic N) is 3. The fraction of sp³-hybridized carbons (Fsp3) is 0.0625. The predicted molar refractivity (Wildman–Crippen MR) is 142 cm³/mol. The average molecular weight is 446 g/mol. The van der Waals surface area contributed by atoms with E-state index in [2.05, 4.69) is 88.2 Å². The molecule has 0 spiro atoms. The summed E-state index contributed by atoms with van der Waals surface area (Å²) in [7, 11) is 0.